The lowest BCUT2D eigenvalue weighted by molar-refractivity contribution is 0.135. The lowest BCUT2D eigenvalue weighted by Gasteiger charge is -2.38. The predicted octanol–water partition coefficient (Wildman–Crippen LogP) is 1.47. The van der Waals surface area contributed by atoms with E-state index in [9.17, 15) is 4.79 Å². The van der Waals surface area contributed by atoms with Crippen LogP contribution in [-0.2, 0) is 0 Å². The van der Waals surface area contributed by atoms with Crippen molar-refractivity contribution in [2.75, 3.05) is 7.05 Å². The summed E-state index contributed by atoms with van der Waals surface area (Å²) in [7, 11) is 1.81. The Labute approximate surface area is 85.8 Å². The zero-order valence-electron chi connectivity index (χ0n) is 9.34. The quantitative estimate of drug-likeness (QED) is 0.382. The molecule has 82 valence electrons. The Hall–Kier alpha value is -0.770. The van der Waals surface area contributed by atoms with Gasteiger partial charge in [-0.3, -0.25) is 5.43 Å². The molecule has 0 heterocycles. The standard InChI is InChI=1S/C10H21N3O/c1-10(2)6-4-8(5-7-10)13(3)9(14)12-11/h8H,4-7,11H2,1-3H3,(H,12,14). The van der Waals surface area contributed by atoms with Crippen LogP contribution in [0.3, 0.4) is 0 Å². The SMILES string of the molecule is CN(C(=O)NN)C1CCC(C)(C)CC1. The van der Waals surface area contributed by atoms with Crippen molar-refractivity contribution in [3.63, 3.8) is 0 Å². The van der Waals surface area contributed by atoms with Gasteiger partial charge in [0.05, 0.1) is 0 Å². The first-order valence-electron chi connectivity index (χ1n) is 5.20. The van der Waals surface area contributed by atoms with Crippen molar-refractivity contribution in [3.05, 3.63) is 0 Å². The summed E-state index contributed by atoms with van der Waals surface area (Å²) in [5.41, 5.74) is 2.61. The number of rotatable bonds is 1. The Morgan fingerprint density at radius 2 is 1.93 bits per heavy atom. The van der Waals surface area contributed by atoms with Gasteiger partial charge in [0.15, 0.2) is 0 Å². The number of nitrogens with zero attached hydrogens (tertiary/aromatic N) is 1. The van der Waals surface area contributed by atoms with Crippen LogP contribution in [0.4, 0.5) is 4.79 Å². The predicted molar refractivity (Wildman–Crippen MR) is 56.5 cm³/mol. The molecular formula is C10H21N3O. The number of nitrogens with one attached hydrogen (secondary N) is 1. The van der Waals surface area contributed by atoms with E-state index in [-0.39, 0.29) is 6.03 Å². The summed E-state index contributed by atoms with van der Waals surface area (Å²) in [6, 6.07) is 0.168. The maximum absolute atomic E-state index is 11.3. The number of amides is 2. The molecule has 0 bridgehead atoms. The second-order valence-corrected chi connectivity index (χ2v) is 4.96. The molecule has 3 N–H and O–H groups in total. The Morgan fingerprint density at radius 3 is 2.36 bits per heavy atom. The van der Waals surface area contributed by atoms with Crippen molar-refractivity contribution in [2.45, 2.75) is 45.6 Å². The number of nitrogens with two attached hydrogens (primary N) is 1. The van der Waals surface area contributed by atoms with Crippen molar-refractivity contribution in [1.82, 2.24) is 10.3 Å². The van der Waals surface area contributed by atoms with Crippen LogP contribution >= 0.6 is 0 Å². The first kappa shape index (κ1) is 11.3. The second-order valence-electron chi connectivity index (χ2n) is 4.96. The van der Waals surface area contributed by atoms with E-state index in [2.05, 4.69) is 19.3 Å². The van der Waals surface area contributed by atoms with Crippen LogP contribution in [-0.4, -0.2) is 24.0 Å². The fourth-order valence-corrected chi connectivity index (χ4v) is 2.04. The summed E-state index contributed by atoms with van der Waals surface area (Å²) in [5.74, 6) is 5.09. The molecule has 1 aliphatic carbocycles. The van der Waals surface area contributed by atoms with Crippen LogP contribution in [0.15, 0.2) is 0 Å². The highest BCUT2D eigenvalue weighted by molar-refractivity contribution is 5.73. The van der Waals surface area contributed by atoms with Crippen LogP contribution in [0, 0.1) is 5.41 Å². The molecule has 2 amide bonds. The summed E-state index contributed by atoms with van der Waals surface area (Å²) in [6.45, 7) is 4.57. The van der Waals surface area contributed by atoms with Gasteiger partial charge in [-0.2, -0.15) is 0 Å². The minimum absolute atomic E-state index is 0.185. The van der Waals surface area contributed by atoms with Gasteiger partial charge in [0.2, 0.25) is 0 Å². The van der Waals surface area contributed by atoms with E-state index in [1.165, 1.54) is 12.8 Å². The summed E-state index contributed by atoms with van der Waals surface area (Å²) in [4.78, 5) is 13.0. The molecule has 1 aliphatic rings. The van der Waals surface area contributed by atoms with Crippen molar-refractivity contribution in [2.24, 2.45) is 11.3 Å². The first-order valence-corrected chi connectivity index (χ1v) is 5.20. The van der Waals surface area contributed by atoms with Crippen LogP contribution in [0.5, 0.6) is 0 Å². The summed E-state index contributed by atoms with van der Waals surface area (Å²) in [5, 5.41) is 0. The van der Waals surface area contributed by atoms with Gasteiger partial charge in [0.1, 0.15) is 0 Å². The molecule has 1 rings (SSSR count). The molecule has 0 aromatic heterocycles. The van der Waals surface area contributed by atoms with Crippen molar-refractivity contribution >= 4 is 6.03 Å². The minimum Gasteiger partial charge on any atom is -0.324 e. The normalized spacial score (nSPS) is 21.7. The molecule has 0 saturated heterocycles. The molecule has 0 unspecified atom stereocenters. The molecule has 1 saturated carbocycles. The summed E-state index contributed by atoms with van der Waals surface area (Å²) >= 11 is 0. The van der Waals surface area contributed by atoms with E-state index in [4.69, 9.17) is 5.84 Å². The number of carbonyl (C=O) groups is 1. The van der Waals surface area contributed by atoms with Crippen LogP contribution in [0.25, 0.3) is 0 Å². The molecule has 0 aromatic rings. The number of hydrogen-bond acceptors (Lipinski definition) is 2. The fraction of sp³-hybridized carbons (Fsp3) is 0.900. The average Bonchev–Trinajstić information content (AvgIpc) is 2.15. The highest BCUT2D eigenvalue weighted by atomic mass is 16.2. The Kier molecular flexibility index (Phi) is 3.37. The van der Waals surface area contributed by atoms with Crippen LogP contribution in [0.1, 0.15) is 39.5 Å². The van der Waals surface area contributed by atoms with Gasteiger partial charge in [0, 0.05) is 13.1 Å². The van der Waals surface area contributed by atoms with Crippen molar-refractivity contribution in [1.29, 1.82) is 0 Å². The van der Waals surface area contributed by atoms with Gasteiger partial charge in [-0.05, 0) is 31.1 Å². The van der Waals surface area contributed by atoms with Gasteiger partial charge in [0.25, 0.3) is 0 Å². The second kappa shape index (κ2) is 4.17. The maximum atomic E-state index is 11.3. The lowest BCUT2D eigenvalue weighted by Crippen LogP contribution is -2.47. The lowest BCUT2D eigenvalue weighted by atomic mass is 9.75. The zero-order chi connectivity index (χ0) is 10.8. The topological polar surface area (TPSA) is 58.4 Å². The molecule has 4 heteroatoms. The summed E-state index contributed by atoms with van der Waals surface area (Å²) < 4.78 is 0. The Morgan fingerprint density at radius 1 is 1.43 bits per heavy atom. The van der Waals surface area contributed by atoms with Gasteiger partial charge >= 0.3 is 6.03 Å². The third-order valence-corrected chi connectivity index (χ3v) is 3.30. The van der Waals surface area contributed by atoms with E-state index >= 15 is 0 Å². The van der Waals surface area contributed by atoms with Gasteiger partial charge in [-0.15, -0.1) is 0 Å². The number of hydrogen-bond donors (Lipinski definition) is 2. The molecule has 4 nitrogen and oxygen atoms in total. The molecule has 0 atom stereocenters. The van der Waals surface area contributed by atoms with E-state index in [0.29, 0.717) is 11.5 Å². The third kappa shape index (κ3) is 2.61. The maximum Gasteiger partial charge on any atom is 0.331 e. The van der Waals surface area contributed by atoms with E-state index in [1.807, 2.05) is 7.05 Å². The molecule has 1 fully saturated rings. The van der Waals surface area contributed by atoms with Gasteiger partial charge < -0.3 is 4.90 Å². The number of hydrazine groups is 1. The van der Waals surface area contributed by atoms with Gasteiger partial charge in [-0.1, -0.05) is 13.8 Å². The Bertz CT molecular complexity index is 205. The van der Waals surface area contributed by atoms with Crippen molar-refractivity contribution < 1.29 is 4.79 Å². The summed E-state index contributed by atoms with van der Waals surface area (Å²) in [6.07, 6.45) is 4.52. The third-order valence-electron chi connectivity index (χ3n) is 3.30. The first-order chi connectivity index (χ1) is 6.46. The van der Waals surface area contributed by atoms with E-state index in [1.54, 1.807) is 4.90 Å². The van der Waals surface area contributed by atoms with E-state index < -0.39 is 0 Å². The molecule has 0 aromatic carbocycles. The minimum atomic E-state index is -0.185. The molecule has 14 heavy (non-hydrogen) atoms. The largest absolute Gasteiger partial charge is 0.331 e. The van der Waals surface area contributed by atoms with Crippen LogP contribution < -0.4 is 11.3 Å². The zero-order valence-corrected chi connectivity index (χ0v) is 9.34. The fourth-order valence-electron chi connectivity index (χ4n) is 2.04. The smallest absolute Gasteiger partial charge is 0.324 e. The number of urea groups is 1. The monoisotopic (exact) mass is 199 g/mol. The van der Waals surface area contributed by atoms with Crippen LogP contribution in [0.2, 0.25) is 0 Å². The molecule has 0 aliphatic heterocycles. The molecular weight excluding hydrogens is 178 g/mol. The average molecular weight is 199 g/mol. The molecule has 0 spiro atoms. The number of carbonyl (C=O) groups excluding carboxylic acids is 1. The van der Waals surface area contributed by atoms with Gasteiger partial charge in [-0.25, -0.2) is 10.6 Å². The molecule has 0 radical (unpaired) electrons. The van der Waals surface area contributed by atoms with Crippen molar-refractivity contribution in [3.8, 4) is 0 Å². The van der Waals surface area contributed by atoms with E-state index in [0.717, 1.165) is 12.8 Å². The highest BCUT2D eigenvalue weighted by Gasteiger charge is 2.30. The Balaban J connectivity index is 2.45. The highest BCUT2D eigenvalue weighted by Crippen LogP contribution is 2.36.